The Hall–Kier alpha value is -2.38. The molecule has 0 amide bonds. The van der Waals surface area contributed by atoms with E-state index in [0.29, 0.717) is 37.2 Å². The molecule has 0 atom stereocenters. The van der Waals surface area contributed by atoms with Gasteiger partial charge in [0.1, 0.15) is 5.82 Å². The largest absolute Gasteiger partial charge is 0.383 e. The summed E-state index contributed by atoms with van der Waals surface area (Å²) in [7, 11) is 1.81. The molecule has 0 spiro atoms. The molecule has 3 N–H and O–H groups in total. The zero-order chi connectivity index (χ0) is 16.2. The van der Waals surface area contributed by atoms with Crippen molar-refractivity contribution in [2.24, 2.45) is 7.05 Å². The molecule has 0 unspecified atom stereocenters. The Morgan fingerprint density at radius 3 is 2.83 bits per heavy atom. The van der Waals surface area contributed by atoms with Crippen molar-refractivity contribution < 1.29 is 4.74 Å². The van der Waals surface area contributed by atoms with E-state index in [4.69, 9.17) is 22.1 Å². The zero-order valence-corrected chi connectivity index (χ0v) is 13.4. The number of benzene rings is 1. The summed E-state index contributed by atoms with van der Waals surface area (Å²) < 4.78 is 7.26. The van der Waals surface area contributed by atoms with Gasteiger partial charge in [-0.25, -0.2) is 0 Å². The summed E-state index contributed by atoms with van der Waals surface area (Å²) in [6.07, 6.45) is 1.66. The van der Waals surface area contributed by atoms with Crippen molar-refractivity contribution >= 4 is 34.4 Å². The standard InChI is InChI=1S/C15H17ClN6O/c1-22-14-12(8-19-22)13(17)20-15(21-14)18-6-7-23-9-10-2-4-11(16)5-3-10/h2-5,8H,6-7,9H2,1H3,(H3,17,18,20,21). The smallest absolute Gasteiger partial charge is 0.226 e. The van der Waals surface area contributed by atoms with Gasteiger partial charge in [0.05, 0.1) is 24.8 Å². The van der Waals surface area contributed by atoms with Crippen LogP contribution in [-0.4, -0.2) is 32.9 Å². The van der Waals surface area contributed by atoms with Gasteiger partial charge < -0.3 is 15.8 Å². The summed E-state index contributed by atoms with van der Waals surface area (Å²) >= 11 is 5.84. The monoisotopic (exact) mass is 332 g/mol. The summed E-state index contributed by atoms with van der Waals surface area (Å²) in [5.41, 5.74) is 7.67. The van der Waals surface area contributed by atoms with Crippen LogP contribution in [0.25, 0.3) is 11.0 Å². The lowest BCUT2D eigenvalue weighted by atomic mass is 10.2. The molecule has 3 rings (SSSR count). The number of halogens is 1. The fraction of sp³-hybridized carbons (Fsp3) is 0.267. The van der Waals surface area contributed by atoms with Crippen molar-refractivity contribution in [3.05, 3.63) is 41.0 Å². The fourth-order valence-electron chi connectivity index (χ4n) is 2.13. The first kappa shape index (κ1) is 15.5. The molecule has 3 aromatic rings. The lowest BCUT2D eigenvalue weighted by Gasteiger charge is -2.07. The summed E-state index contributed by atoms with van der Waals surface area (Å²) in [4.78, 5) is 8.60. The number of nitrogens with one attached hydrogen (secondary N) is 1. The highest BCUT2D eigenvalue weighted by Crippen LogP contribution is 2.18. The molecule has 8 heteroatoms. The number of rotatable bonds is 6. The van der Waals surface area contributed by atoms with Gasteiger partial charge in [-0.2, -0.15) is 15.1 Å². The second kappa shape index (κ2) is 6.80. The van der Waals surface area contributed by atoms with E-state index >= 15 is 0 Å². The quantitative estimate of drug-likeness (QED) is 0.673. The van der Waals surface area contributed by atoms with Crippen molar-refractivity contribution in [1.82, 2.24) is 19.7 Å². The molecule has 0 aliphatic carbocycles. The Labute approximate surface area is 138 Å². The number of nitrogen functional groups attached to an aromatic ring is 1. The lowest BCUT2D eigenvalue weighted by Crippen LogP contribution is -2.12. The first-order chi connectivity index (χ1) is 11.1. The predicted octanol–water partition coefficient (Wildman–Crippen LogP) is 2.23. The molecule has 0 aliphatic heterocycles. The Kier molecular flexibility index (Phi) is 4.59. The van der Waals surface area contributed by atoms with Gasteiger partial charge in [-0.3, -0.25) is 4.68 Å². The normalized spacial score (nSPS) is 11.0. The Morgan fingerprint density at radius 1 is 1.26 bits per heavy atom. The maximum absolute atomic E-state index is 5.90. The molecule has 23 heavy (non-hydrogen) atoms. The third-order valence-corrected chi connectivity index (χ3v) is 3.59. The molecule has 0 radical (unpaired) electrons. The third-order valence-electron chi connectivity index (χ3n) is 3.33. The molecule has 2 heterocycles. The van der Waals surface area contributed by atoms with Gasteiger partial charge >= 0.3 is 0 Å². The fourth-order valence-corrected chi connectivity index (χ4v) is 2.25. The van der Waals surface area contributed by atoms with Crippen LogP contribution >= 0.6 is 11.6 Å². The number of anilines is 2. The van der Waals surface area contributed by atoms with E-state index in [1.165, 1.54) is 0 Å². The van der Waals surface area contributed by atoms with Gasteiger partial charge in [0.2, 0.25) is 5.95 Å². The van der Waals surface area contributed by atoms with Crippen LogP contribution in [0.5, 0.6) is 0 Å². The Bertz CT molecular complexity index is 802. The molecule has 120 valence electrons. The Balaban J connectivity index is 1.50. The molecule has 1 aromatic carbocycles. The van der Waals surface area contributed by atoms with Crippen molar-refractivity contribution in [1.29, 1.82) is 0 Å². The van der Waals surface area contributed by atoms with Gasteiger partial charge in [0, 0.05) is 18.6 Å². The number of aryl methyl sites for hydroxylation is 1. The first-order valence-electron chi connectivity index (χ1n) is 7.15. The molecular weight excluding hydrogens is 316 g/mol. The van der Waals surface area contributed by atoms with Gasteiger partial charge in [0.15, 0.2) is 5.65 Å². The zero-order valence-electron chi connectivity index (χ0n) is 12.7. The van der Waals surface area contributed by atoms with Gasteiger partial charge in [-0.1, -0.05) is 23.7 Å². The summed E-state index contributed by atoms with van der Waals surface area (Å²) in [5, 5.41) is 8.69. The molecule has 0 saturated carbocycles. The van der Waals surface area contributed by atoms with E-state index in [2.05, 4.69) is 20.4 Å². The van der Waals surface area contributed by atoms with Crippen LogP contribution in [0.1, 0.15) is 5.56 Å². The topological polar surface area (TPSA) is 90.9 Å². The van der Waals surface area contributed by atoms with Crippen molar-refractivity contribution in [3.63, 3.8) is 0 Å². The Morgan fingerprint density at radius 2 is 2.04 bits per heavy atom. The van der Waals surface area contributed by atoms with Gasteiger partial charge in [-0.15, -0.1) is 0 Å². The summed E-state index contributed by atoms with van der Waals surface area (Å²) in [6, 6.07) is 7.57. The van der Waals surface area contributed by atoms with Gasteiger partial charge in [0.25, 0.3) is 0 Å². The van der Waals surface area contributed by atoms with E-state index in [-0.39, 0.29) is 0 Å². The number of nitrogens with zero attached hydrogens (tertiary/aromatic N) is 4. The highest BCUT2D eigenvalue weighted by Gasteiger charge is 2.08. The maximum Gasteiger partial charge on any atom is 0.226 e. The molecule has 2 aromatic heterocycles. The van der Waals surface area contributed by atoms with E-state index in [0.717, 1.165) is 16.0 Å². The van der Waals surface area contributed by atoms with E-state index in [1.54, 1.807) is 10.9 Å². The molecule has 7 nitrogen and oxygen atoms in total. The molecule has 0 saturated heterocycles. The summed E-state index contributed by atoms with van der Waals surface area (Å²) in [5.74, 6) is 0.876. The summed E-state index contributed by atoms with van der Waals surface area (Å²) in [6.45, 7) is 1.63. The van der Waals surface area contributed by atoms with Crippen LogP contribution in [0.2, 0.25) is 5.02 Å². The lowest BCUT2D eigenvalue weighted by molar-refractivity contribution is 0.130. The van der Waals surface area contributed by atoms with Crippen molar-refractivity contribution in [3.8, 4) is 0 Å². The molecular formula is C15H17ClN6O. The second-order valence-corrected chi connectivity index (χ2v) is 5.48. The first-order valence-corrected chi connectivity index (χ1v) is 7.52. The van der Waals surface area contributed by atoms with Crippen LogP contribution < -0.4 is 11.1 Å². The van der Waals surface area contributed by atoms with Crippen LogP contribution in [-0.2, 0) is 18.4 Å². The SMILES string of the molecule is Cn1ncc2c(N)nc(NCCOCc3ccc(Cl)cc3)nc21. The van der Waals surface area contributed by atoms with Crippen molar-refractivity contribution in [2.75, 3.05) is 24.2 Å². The maximum atomic E-state index is 5.90. The van der Waals surface area contributed by atoms with Crippen LogP contribution in [0.15, 0.2) is 30.5 Å². The number of hydrogen-bond donors (Lipinski definition) is 2. The third kappa shape index (κ3) is 3.69. The minimum absolute atomic E-state index is 0.410. The number of aromatic nitrogens is 4. The number of ether oxygens (including phenoxy) is 1. The molecule has 0 aliphatic rings. The number of fused-ring (bicyclic) bond motifs is 1. The second-order valence-electron chi connectivity index (χ2n) is 5.04. The molecule has 0 bridgehead atoms. The van der Waals surface area contributed by atoms with E-state index < -0.39 is 0 Å². The minimum atomic E-state index is 0.410. The van der Waals surface area contributed by atoms with Crippen molar-refractivity contribution in [2.45, 2.75) is 6.61 Å². The number of nitrogens with two attached hydrogens (primary N) is 1. The number of hydrogen-bond acceptors (Lipinski definition) is 6. The average molecular weight is 333 g/mol. The highest BCUT2D eigenvalue weighted by molar-refractivity contribution is 6.30. The minimum Gasteiger partial charge on any atom is -0.383 e. The molecule has 0 fully saturated rings. The van der Waals surface area contributed by atoms with Crippen LogP contribution in [0.4, 0.5) is 11.8 Å². The average Bonchev–Trinajstić information content (AvgIpc) is 2.91. The van der Waals surface area contributed by atoms with Gasteiger partial charge in [-0.05, 0) is 17.7 Å². The predicted molar refractivity (Wildman–Crippen MR) is 90.3 cm³/mol. The highest BCUT2D eigenvalue weighted by atomic mass is 35.5. The van der Waals surface area contributed by atoms with E-state index in [1.807, 2.05) is 31.3 Å². The van der Waals surface area contributed by atoms with Crippen LogP contribution in [0, 0.1) is 0 Å². The van der Waals surface area contributed by atoms with Crippen LogP contribution in [0.3, 0.4) is 0 Å². The van der Waals surface area contributed by atoms with E-state index in [9.17, 15) is 0 Å².